The first-order chi connectivity index (χ1) is 15.8. The summed E-state index contributed by atoms with van der Waals surface area (Å²) in [7, 11) is 10.3. The number of anilines is 2. The van der Waals surface area contributed by atoms with Gasteiger partial charge in [0.25, 0.3) is 0 Å². The van der Waals surface area contributed by atoms with Crippen molar-refractivity contribution >= 4 is 46.1 Å². The molecule has 0 saturated heterocycles. The quantitative estimate of drug-likeness (QED) is 0.252. The molecule has 0 bridgehead atoms. The van der Waals surface area contributed by atoms with E-state index in [1.165, 1.54) is 14.9 Å². The fraction of sp³-hybridized carbons (Fsp3) is 0.179. The second kappa shape index (κ2) is 9.83. The van der Waals surface area contributed by atoms with Gasteiger partial charge in [-0.25, -0.2) is 4.98 Å². The van der Waals surface area contributed by atoms with Crippen molar-refractivity contribution in [2.75, 3.05) is 38.0 Å². The molecule has 0 aliphatic carbocycles. The zero-order valence-corrected chi connectivity index (χ0v) is 21.9. The van der Waals surface area contributed by atoms with E-state index in [9.17, 15) is 0 Å². The van der Waals surface area contributed by atoms with Crippen LogP contribution in [0.4, 0.5) is 11.4 Å². The summed E-state index contributed by atoms with van der Waals surface area (Å²) < 4.78 is 3.41. The lowest BCUT2D eigenvalue weighted by atomic mass is 10.0. The summed E-state index contributed by atoms with van der Waals surface area (Å²) in [5.74, 6) is 0.923. The molecule has 3 aromatic carbocycles. The molecular formula is C28H29IN4. The van der Waals surface area contributed by atoms with Crippen LogP contribution in [0.5, 0.6) is 0 Å². The van der Waals surface area contributed by atoms with Crippen molar-refractivity contribution in [1.82, 2.24) is 9.55 Å². The van der Waals surface area contributed by atoms with Gasteiger partial charge in [-0.1, -0.05) is 42.5 Å². The summed E-state index contributed by atoms with van der Waals surface area (Å²) in [5, 5.41) is 0. The maximum Gasteiger partial charge on any atom is 0.133 e. The maximum atomic E-state index is 5.07. The second-order valence-electron chi connectivity index (χ2n) is 8.49. The fourth-order valence-corrected chi connectivity index (χ4v) is 4.14. The highest BCUT2D eigenvalue weighted by Gasteiger charge is 2.17. The van der Waals surface area contributed by atoms with Crippen LogP contribution in [0, 0.1) is 3.57 Å². The van der Waals surface area contributed by atoms with Crippen molar-refractivity contribution in [3.63, 3.8) is 0 Å². The van der Waals surface area contributed by atoms with E-state index in [-0.39, 0.29) is 0 Å². The predicted molar refractivity (Wildman–Crippen MR) is 151 cm³/mol. The van der Waals surface area contributed by atoms with Crippen LogP contribution in [0.15, 0.2) is 72.8 Å². The summed E-state index contributed by atoms with van der Waals surface area (Å²) in [6.07, 6.45) is 4.22. The molecule has 0 atom stereocenters. The van der Waals surface area contributed by atoms with E-state index in [2.05, 4.69) is 157 Å². The van der Waals surface area contributed by atoms with Crippen molar-refractivity contribution in [3.8, 4) is 22.5 Å². The van der Waals surface area contributed by atoms with Gasteiger partial charge in [0.05, 0.1) is 11.4 Å². The molecule has 4 aromatic rings. The Labute approximate surface area is 210 Å². The zero-order chi connectivity index (χ0) is 23.5. The van der Waals surface area contributed by atoms with E-state index < -0.39 is 0 Å². The molecule has 168 valence electrons. The Morgan fingerprint density at radius 1 is 0.697 bits per heavy atom. The third-order valence-electron chi connectivity index (χ3n) is 5.74. The molecular weight excluding hydrogens is 519 g/mol. The standard InChI is InChI=1S/C28H29IN4/c1-31(2)24-15-9-21(10-16-24)27-28(22-11-17-25(18-12-22)32(3)4)33(5)26(30-27)19-8-20-6-13-23(29)14-7-20/h6-19H,1-5H3. The van der Waals surface area contributed by atoms with Gasteiger partial charge >= 0.3 is 0 Å². The van der Waals surface area contributed by atoms with Gasteiger partial charge in [-0.2, -0.15) is 0 Å². The minimum absolute atomic E-state index is 0.923. The summed E-state index contributed by atoms with van der Waals surface area (Å²) >= 11 is 2.33. The van der Waals surface area contributed by atoms with E-state index in [4.69, 9.17) is 4.98 Å². The van der Waals surface area contributed by atoms with E-state index >= 15 is 0 Å². The van der Waals surface area contributed by atoms with E-state index in [0.717, 1.165) is 33.9 Å². The number of imidazole rings is 1. The smallest absolute Gasteiger partial charge is 0.133 e. The molecule has 0 unspecified atom stereocenters. The van der Waals surface area contributed by atoms with Crippen LogP contribution >= 0.6 is 22.6 Å². The van der Waals surface area contributed by atoms with Crippen LogP contribution in [0.3, 0.4) is 0 Å². The molecule has 33 heavy (non-hydrogen) atoms. The largest absolute Gasteiger partial charge is 0.378 e. The fourth-order valence-electron chi connectivity index (χ4n) is 3.78. The van der Waals surface area contributed by atoms with Gasteiger partial charge in [-0.05, 0) is 70.6 Å². The van der Waals surface area contributed by atoms with Gasteiger partial charge < -0.3 is 14.4 Å². The van der Waals surface area contributed by atoms with Gasteiger partial charge in [0.1, 0.15) is 5.82 Å². The average molecular weight is 548 g/mol. The van der Waals surface area contributed by atoms with Crippen LogP contribution in [-0.4, -0.2) is 37.7 Å². The third-order valence-corrected chi connectivity index (χ3v) is 6.46. The summed E-state index contributed by atoms with van der Waals surface area (Å²) in [6.45, 7) is 0. The molecule has 1 aromatic heterocycles. The van der Waals surface area contributed by atoms with Gasteiger partial charge in [-0.15, -0.1) is 0 Å². The second-order valence-corrected chi connectivity index (χ2v) is 9.74. The molecule has 0 amide bonds. The summed E-state index contributed by atoms with van der Waals surface area (Å²) in [6, 6.07) is 25.8. The molecule has 1 heterocycles. The molecule has 0 aliphatic rings. The topological polar surface area (TPSA) is 24.3 Å². The van der Waals surface area contributed by atoms with E-state index in [0.29, 0.717) is 0 Å². The highest BCUT2D eigenvalue weighted by molar-refractivity contribution is 14.1. The number of benzene rings is 3. The van der Waals surface area contributed by atoms with Crippen LogP contribution in [0.1, 0.15) is 11.4 Å². The SMILES string of the molecule is CN(C)c1ccc(-c2nc(C=Cc3ccc(I)cc3)n(C)c2-c2ccc(N(C)C)cc2)cc1. The first-order valence-corrected chi connectivity index (χ1v) is 12.0. The van der Waals surface area contributed by atoms with Crippen molar-refractivity contribution < 1.29 is 0 Å². The Balaban J connectivity index is 1.80. The highest BCUT2D eigenvalue weighted by Crippen LogP contribution is 2.34. The van der Waals surface area contributed by atoms with Crippen molar-refractivity contribution in [2.24, 2.45) is 7.05 Å². The molecule has 0 aliphatic heterocycles. The minimum atomic E-state index is 0.923. The number of hydrogen-bond donors (Lipinski definition) is 0. The van der Waals surface area contributed by atoms with Crippen molar-refractivity contribution in [1.29, 1.82) is 0 Å². The zero-order valence-electron chi connectivity index (χ0n) is 19.7. The van der Waals surface area contributed by atoms with Crippen molar-refractivity contribution in [2.45, 2.75) is 0 Å². The third kappa shape index (κ3) is 5.14. The number of aromatic nitrogens is 2. The first-order valence-electron chi connectivity index (χ1n) is 10.9. The van der Waals surface area contributed by atoms with Crippen molar-refractivity contribution in [3.05, 3.63) is 87.8 Å². The van der Waals surface area contributed by atoms with Gasteiger partial charge in [0.2, 0.25) is 0 Å². The Morgan fingerprint density at radius 2 is 1.21 bits per heavy atom. The molecule has 0 spiro atoms. The molecule has 0 saturated carbocycles. The molecule has 0 fully saturated rings. The summed E-state index contributed by atoms with van der Waals surface area (Å²) in [5.41, 5.74) is 7.87. The summed E-state index contributed by atoms with van der Waals surface area (Å²) in [4.78, 5) is 9.30. The Hall–Kier alpha value is -3.06. The predicted octanol–water partition coefficient (Wildman–Crippen LogP) is 6.66. The number of halogens is 1. The van der Waals surface area contributed by atoms with E-state index in [1.807, 2.05) is 0 Å². The van der Waals surface area contributed by atoms with Gasteiger partial charge in [-0.3, -0.25) is 0 Å². The van der Waals surface area contributed by atoms with E-state index in [1.54, 1.807) is 0 Å². The Bertz CT molecular complexity index is 1250. The molecule has 5 heteroatoms. The van der Waals surface area contributed by atoms with Gasteiger partial charge in [0, 0.05) is 61.3 Å². The lowest BCUT2D eigenvalue weighted by Crippen LogP contribution is -2.08. The molecule has 4 nitrogen and oxygen atoms in total. The minimum Gasteiger partial charge on any atom is -0.378 e. The molecule has 0 radical (unpaired) electrons. The molecule has 4 rings (SSSR count). The van der Waals surface area contributed by atoms with Crippen LogP contribution in [0.25, 0.3) is 34.7 Å². The normalized spacial score (nSPS) is 11.2. The number of hydrogen-bond acceptors (Lipinski definition) is 3. The van der Waals surface area contributed by atoms with Gasteiger partial charge in [0.15, 0.2) is 0 Å². The first kappa shape index (κ1) is 23.1. The average Bonchev–Trinajstić information content (AvgIpc) is 3.15. The van der Waals surface area contributed by atoms with Crippen LogP contribution in [0.2, 0.25) is 0 Å². The number of nitrogens with zero attached hydrogens (tertiary/aromatic N) is 4. The number of rotatable bonds is 6. The lowest BCUT2D eigenvalue weighted by Gasteiger charge is -2.14. The monoisotopic (exact) mass is 548 g/mol. The Morgan fingerprint density at radius 3 is 1.73 bits per heavy atom. The lowest BCUT2D eigenvalue weighted by molar-refractivity contribution is 0.906. The highest BCUT2D eigenvalue weighted by atomic mass is 127. The molecule has 0 N–H and O–H groups in total. The van der Waals surface area contributed by atoms with Crippen LogP contribution < -0.4 is 9.80 Å². The van der Waals surface area contributed by atoms with Crippen LogP contribution in [-0.2, 0) is 7.05 Å². The Kier molecular flexibility index (Phi) is 6.88. The maximum absolute atomic E-state index is 5.07.